The minimum absolute atomic E-state index is 0.198. The average molecular weight is 317 g/mol. The van der Waals surface area contributed by atoms with Crippen LogP contribution in [-0.2, 0) is 0 Å². The Morgan fingerprint density at radius 2 is 2.16 bits per heavy atom. The molecule has 2 aromatic heterocycles. The minimum atomic E-state index is -0.198. The molecule has 0 aliphatic rings. The first kappa shape index (κ1) is 11.9. The van der Waals surface area contributed by atoms with E-state index in [1.807, 2.05) is 18.2 Å². The van der Waals surface area contributed by atoms with Gasteiger partial charge in [0.25, 0.3) is 5.91 Å². The zero-order valence-electron chi connectivity index (χ0n) is 9.72. The molecule has 3 rings (SSSR count). The van der Waals surface area contributed by atoms with Crippen LogP contribution in [0.4, 0.5) is 5.82 Å². The summed E-state index contributed by atoms with van der Waals surface area (Å²) in [6.45, 7) is 0. The largest absolute Gasteiger partial charge is 0.306 e. The molecule has 0 unspecified atom stereocenters. The highest BCUT2D eigenvalue weighted by atomic mass is 79.9. The summed E-state index contributed by atoms with van der Waals surface area (Å²) in [5.74, 6) is 0.351. The van der Waals surface area contributed by atoms with Gasteiger partial charge in [-0.2, -0.15) is 5.10 Å². The van der Waals surface area contributed by atoms with E-state index in [0.717, 1.165) is 9.86 Å². The Balaban J connectivity index is 1.91. The molecule has 0 atom stereocenters. The second-order valence-electron chi connectivity index (χ2n) is 3.94. The number of hydrogen-bond donors (Lipinski definition) is 2. The number of rotatable bonds is 2. The average Bonchev–Trinajstić information content (AvgIpc) is 2.82. The third-order valence-corrected chi connectivity index (χ3v) is 3.15. The standard InChI is InChI=1S/C13H9BrN4O/c14-9-4-1-3-8(7-9)13(19)16-12-10-5-2-6-15-11(10)17-18-12/h1-7H,(H2,15,16,17,18,19). The molecular weight excluding hydrogens is 308 g/mol. The maximum atomic E-state index is 12.1. The summed E-state index contributed by atoms with van der Waals surface area (Å²) in [4.78, 5) is 16.2. The number of H-pyrrole nitrogens is 1. The lowest BCUT2D eigenvalue weighted by atomic mass is 10.2. The number of aromatic amines is 1. The second kappa shape index (κ2) is 4.81. The molecule has 19 heavy (non-hydrogen) atoms. The summed E-state index contributed by atoms with van der Waals surface area (Å²) >= 11 is 3.34. The van der Waals surface area contributed by atoms with Gasteiger partial charge in [0.05, 0.1) is 5.39 Å². The van der Waals surface area contributed by atoms with Gasteiger partial charge in [0, 0.05) is 16.2 Å². The molecule has 2 N–H and O–H groups in total. The smallest absolute Gasteiger partial charge is 0.256 e. The molecule has 0 aliphatic heterocycles. The van der Waals surface area contributed by atoms with Crippen LogP contribution in [0.2, 0.25) is 0 Å². The molecule has 94 valence electrons. The molecule has 2 heterocycles. The summed E-state index contributed by atoms with van der Waals surface area (Å²) in [5, 5.41) is 10.4. The van der Waals surface area contributed by atoms with Crippen molar-refractivity contribution in [3.63, 3.8) is 0 Å². The van der Waals surface area contributed by atoms with Crippen LogP contribution in [0.5, 0.6) is 0 Å². The number of carbonyl (C=O) groups excluding carboxylic acids is 1. The molecule has 0 spiro atoms. The molecule has 3 aromatic rings. The Morgan fingerprint density at radius 3 is 3.00 bits per heavy atom. The van der Waals surface area contributed by atoms with Crippen molar-refractivity contribution in [2.75, 3.05) is 5.32 Å². The Morgan fingerprint density at radius 1 is 1.26 bits per heavy atom. The second-order valence-corrected chi connectivity index (χ2v) is 4.85. The van der Waals surface area contributed by atoms with Crippen LogP contribution in [0.1, 0.15) is 10.4 Å². The monoisotopic (exact) mass is 316 g/mol. The van der Waals surface area contributed by atoms with E-state index in [2.05, 4.69) is 36.4 Å². The molecule has 0 bridgehead atoms. The van der Waals surface area contributed by atoms with E-state index >= 15 is 0 Å². The zero-order chi connectivity index (χ0) is 13.2. The minimum Gasteiger partial charge on any atom is -0.306 e. The van der Waals surface area contributed by atoms with Gasteiger partial charge in [-0.15, -0.1) is 0 Å². The van der Waals surface area contributed by atoms with Crippen molar-refractivity contribution in [1.29, 1.82) is 0 Å². The first-order valence-electron chi connectivity index (χ1n) is 5.60. The van der Waals surface area contributed by atoms with Gasteiger partial charge in [-0.1, -0.05) is 22.0 Å². The number of hydrogen-bond acceptors (Lipinski definition) is 3. The van der Waals surface area contributed by atoms with Crippen LogP contribution in [0.25, 0.3) is 11.0 Å². The number of anilines is 1. The number of benzene rings is 1. The lowest BCUT2D eigenvalue weighted by molar-refractivity contribution is 0.102. The Bertz CT molecular complexity index is 753. The normalized spacial score (nSPS) is 10.6. The molecule has 0 aliphatic carbocycles. The zero-order valence-corrected chi connectivity index (χ0v) is 11.3. The maximum absolute atomic E-state index is 12.1. The first-order valence-corrected chi connectivity index (χ1v) is 6.39. The SMILES string of the molecule is O=C(Nc1[nH]nc2ncccc12)c1cccc(Br)c1. The van der Waals surface area contributed by atoms with E-state index in [1.54, 1.807) is 24.4 Å². The number of halogens is 1. The van der Waals surface area contributed by atoms with Crippen LogP contribution in [0.15, 0.2) is 47.1 Å². The Hall–Kier alpha value is -2.21. The van der Waals surface area contributed by atoms with Crippen molar-refractivity contribution in [1.82, 2.24) is 15.2 Å². The molecule has 0 fully saturated rings. The first-order chi connectivity index (χ1) is 9.24. The summed E-state index contributed by atoms with van der Waals surface area (Å²) in [7, 11) is 0. The predicted octanol–water partition coefficient (Wildman–Crippen LogP) is 2.97. The Kier molecular flexibility index (Phi) is 3.00. The fourth-order valence-corrected chi connectivity index (χ4v) is 2.16. The molecule has 1 aromatic carbocycles. The highest BCUT2D eigenvalue weighted by Gasteiger charge is 2.11. The van der Waals surface area contributed by atoms with Crippen molar-refractivity contribution in [2.45, 2.75) is 0 Å². The molecular formula is C13H9BrN4O. The van der Waals surface area contributed by atoms with Crippen molar-refractivity contribution in [2.24, 2.45) is 0 Å². The number of pyridine rings is 1. The van der Waals surface area contributed by atoms with Gasteiger partial charge in [-0.3, -0.25) is 9.89 Å². The van der Waals surface area contributed by atoms with Crippen LogP contribution >= 0.6 is 15.9 Å². The number of nitrogens with zero attached hydrogens (tertiary/aromatic N) is 2. The quantitative estimate of drug-likeness (QED) is 0.763. The fraction of sp³-hybridized carbons (Fsp3) is 0. The number of aromatic nitrogens is 3. The number of nitrogens with one attached hydrogen (secondary N) is 2. The lowest BCUT2D eigenvalue weighted by Gasteiger charge is -2.03. The summed E-state index contributed by atoms with van der Waals surface area (Å²) in [6.07, 6.45) is 1.66. The van der Waals surface area contributed by atoms with Gasteiger partial charge < -0.3 is 5.32 Å². The van der Waals surface area contributed by atoms with Gasteiger partial charge in [-0.05, 0) is 30.3 Å². The molecule has 0 saturated heterocycles. The van der Waals surface area contributed by atoms with Gasteiger partial charge >= 0.3 is 0 Å². The molecule has 0 saturated carbocycles. The molecule has 1 amide bonds. The highest BCUT2D eigenvalue weighted by molar-refractivity contribution is 9.10. The summed E-state index contributed by atoms with van der Waals surface area (Å²) in [6, 6.07) is 10.8. The van der Waals surface area contributed by atoms with E-state index in [0.29, 0.717) is 17.0 Å². The van der Waals surface area contributed by atoms with E-state index < -0.39 is 0 Å². The fourth-order valence-electron chi connectivity index (χ4n) is 1.76. The highest BCUT2D eigenvalue weighted by Crippen LogP contribution is 2.19. The lowest BCUT2D eigenvalue weighted by Crippen LogP contribution is -2.12. The van der Waals surface area contributed by atoms with Crippen molar-refractivity contribution in [3.05, 3.63) is 52.6 Å². The van der Waals surface area contributed by atoms with Crippen LogP contribution in [0, 0.1) is 0 Å². The van der Waals surface area contributed by atoms with Crippen LogP contribution < -0.4 is 5.32 Å². The van der Waals surface area contributed by atoms with Crippen molar-refractivity contribution >= 4 is 38.7 Å². The van der Waals surface area contributed by atoms with Crippen LogP contribution in [0.3, 0.4) is 0 Å². The topological polar surface area (TPSA) is 70.7 Å². The van der Waals surface area contributed by atoms with Crippen LogP contribution in [-0.4, -0.2) is 21.1 Å². The van der Waals surface area contributed by atoms with Crippen molar-refractivity contribution in [3.8, 4) is 0 Å². The van der Waals surface area contributed by atoms with E-state index in [9.17, 15) is 4.79 Å². The van der Waals surface area contributed by atoms with Gasteiger partial charge in [0.1, 0.15) is 5.82 Å². The van der Waals surface area contributed by atoms with Gasteiger partial charge in [-0.25, -0.2) is 4.98 Å². The molecule has 0 radical (unpaired) electrons. The number of fused-ring (bicyclic) bond motifs is 1. The van der Waals surface area contributed by atoms with Gasteiger partial charge in [0.2, 0.25) is 0 Å². The number of amides is 1. The third-order valence-electron chi connectivity index (χ3n) is 2.65. The molecule has 5 nitrogen and oxygen atoms in total. The maximum Gasteiger partial charge on any atom is 0.256 e. The predicted molar refractivity (Wildman–Crippen MR) is 76.0 cm³/mol. The van der Waals surface area contributed by atoms with E-state index in [-0.39, 0.29) is 5.91 Å². The van der Waals surface area contributed by atoms with Gasteiger partial charge in [0.15, 0.2) is 5.65 Å². The molecule has 6 heteroatoms. The van der Waals surface area contributed by atoms with E-state index in [1.165, 1.54) is 0 Å². The van der Waals surface area contributed by atoms with Crippen molar-refractivity contribution < 1.29 is 4.79 Å². The summed E-state index contributed by atoms with van der Waals surface area (Å²) < 4.78 is 0.858. The summed E-state index contributed by atoms with van der Waals surface area (Å²) in [5.41, 5.74) is 1.15. The third kappa shape index (κ3) is 2.34. The number of carbonyl (C=O) groups is 1. The Labute approximate surface area is 117 Å². The van der Waals surface area contributed by atoms with E-state index in [4.69, 9.17) is 0 Å².